The fourth-order valence-electron chi connectivity index (χ4n) is 1.96. The van der Waals surface area contributed by atoms with E-state index in [0.717, 1.165) is 0 Å². The Morgan fingerprint density at radius 3 is 2.52 bits per heavy atom. The summed E-state index contributed by atoms with van der Waals surface area (Å²) in [6.45, 7) is 3.47. The number of hydrogen-bond donors (Lipinski definition) is 1. The quantitative estimate of drug-likeness (QED) is 0.898. The Balaban J connectivity index is 2.39. The molecule has 0 unspecified atom stereocenters. The topological polar surface area (TPSA) is 83.6 Å². The van der Waals surface area contributed by atoms with Crippen LogP contribution in [0.4, 0.5) is 11.4 Å². The Kier molecular flexibility index (Phi) is 4.41. The number of hydrogen-bond acceptors (Lipinski definition) is 4. The first-order valence-electron chi connectivity index (χ1n) is 6.45. The molecular weight excluding hydrogens is 336 g/mol. The standard InChI is InChI=1S/C12H17ClN2O4S2/c1-9(2)21(18,19)14-10-4-5-11(13)12(8-10)15-6-3-7-20(15,16)17/h4-5,8-9,14H,3,6-7H2,1-2H3. The minimum absolute atomic E-state index is 0.0747. The van der Waals surface area contributed by atoms with E-state index in [-0.39, 0.29) is 10.8 Å². The van der Waals surface area contributed by atoms with Crippen molar-refractivity contribution in [2.75, 3.05) is 21.3 Å². The first-order chi connectivity index (χ1) is 9.63. The molecule has 1 aromatic carbocycles. The highest BCUT2D eigenvalue weighted by atomic mass is 35.5. The number of rotatable bonds is 4. The van der Waals surface area contributed by atoms with Crippen molar-refractivity contribution >= 4 is 43.0 Å². The fourth-order valence-corrected chi connectivity index (χ4v) is 4.49. The van der Waals surface area contributed by atoms with Gasteiger partial charge in [-0.25, -0.2) is 16.8 Å². The Morgan fingerprint density at radius 2 is 2.00 bits per heavy atom. The van der Waals surface area contributed by atoms with E-state index in [9.17, 15) is 16.8 Å². The highest BCUT2D eigenvalue weighted by Gasteiger charge is 2.30. The largest absolute Gasteiger partial charge is 0.283 e. The number of nitrogens with one attached hydrogen (secondary N) is 1. The zero-order chi connectivity index (χ0) is 15.8. The van der Waals surface area contributed by atoms with Gasteiger partial charge in [0.15, 0.2) is 0 Å². The SMILES string of the molecule is CC(C)S(=O)(=O)Nc1ccc(Cl)c(N2CCCS2(=O)=O)c1. The number of sulfonamides is 2. The lowest BCUT2D eigenvalue weighted by Crippen LogP contribution is -2.26. The summed E-state index contributed by atoms with van der Waals surface area (Å²) in [6, 6.07) is 4.45. The van der Waals surface area contributed by atoms with Crippen molar-refractivity contribution in [1.29, 1.82) is 0 Å². The molecule has 21 heavy (non-hydrogen) atoms. The number of anilines is 2. The molecule has 1 aromatic rings. The van der Waals surface area contributed by atoms with Gasteiger partial charge in [-0.05, 0) is 38.5 Å². The summed E-state index contributed by atoms with van der Waals surface area (Å²) in [5.74, 6) is 0.0747. The minimum Gasteiger partial charge on any atom is -0.283 e. The predicted octanol–water partition coefficient (Wildman–Crippen LogP) is 2.03. The minimum atomic E-state index is -3.49. The molecule has 0 atom stereocenters. The van der Waals surface area contributed by atoms with Gasteiger partial charge in [0, 0.05) is 6.54 Å². The lowest BCUT2D eigenvalue weighted by molar-refractivity contribution is 0.592. The van der Waals surface area contributed by atoms with E-state index in [1.165, 1.54) is 22.5 Å². The van der Waals surface area contributed by atoms with E-state index >= 15 is 0 Å². The molecule has 1 aliphatic rings. The summed E-state index contributed by atoms with van der Waals surface area (Å²) in [7, 11) is -6.86. The second kappa shape index (κ2) is 5.66. The molecular formula is C12H17ClN2O4S2. The Morgan fingerprint density at radius 1 is 1.33 bits per heavy atom. The molecule has 0 amide bonds. The normalized spacial score (nSPS) is 18.2. The van der Waals surface area contributed by atoms with Gasteiger partial charge in [0.25, 0.3) is 0 Å². The van der Waals surface area contributed by atoms with Crippen LogP contribution in [-0.4, -0.2) is 34.4 Å². The van der Waals surface area contributed by atoms with E-state index in [4.69, 9.17) is 11.6 Å². The summed E-state index contributed by atoms with van der Waals surface area (Å²) >= 11 is 6.05. The van der Waals surface area contributed by atoms with Gasteiger partial charge in [0.1, 0.15) is 0 Å². The summed E-state index contributed by atoms with van der Waals surface area (Å²) < 4.78 is 51.3. The molecule has 2 rings (SSSR count). The van der Waals surface area contributed by atoms with Gasteiger partial charge in [0.05, 0.1) is 27.4 Å². The third-order valence-electron chi connectivity index (χ3n) is 3.19. The first kappa shape index (κ1) is 16.4. The zero-order valence-electron chi connectivity index (χ0n) is 11.7. The maximum atomic E-state index is 11.9. The maximum absolute atomic E-state index is 11.9. The average Bonchev–Trinajstić information content (AvgIpc) is 2.71. The van der Waals surface area contributed by atoms with Gasteiger partial charge in [-0.1, -0.05) is 11.6 Å². The van der Waals surface area contributed by atoms with Crippen LogP contribution in [0.1, 0.15) is 20.3 Å². The summed E-state index contributed by atoms with van der Waals surface area (Å²) in [5, 5.41) is -0.319. The summed E-state index contributed by atoms with van der Waals surface area (Å²) in [4.78, 5) is 0. The van der Waals surface area contributed by atoms with E-state index in [1.54, 1.807) is 13.8 Å². The van der Waals surface area contributed by atoms with Crippen LogP contribution in [-0.2, 0) is 20.0 Å². The van der Waals surface area contributed by atoms with Crippen LogP contribution in [0.15, 0.2) is 18.2 Å². The van der Waals surface area contributed by atoms with Crippen molar-refractivity contribution in [2.24, 2.45) is 0 Å². The van der Waals surface area contributed by atoms with Crippen molar-refractivity contribution in [2.45, 2.75) is 25.5 Å². The van der Waals surface area contributed by atoms with Gasteiger partial charge in [-0.2, -0.15) is 0 Å². The van der Waals surface area contributed by atoms with Crippen LogP contribution in [0.2, 0.25) is 5.02 Å². The molecule has 1 fully saturated rings. The molecule has 0 spiro atoms. The molecule has 0 radical (unpaired) electrons. The molecule has 1 saturated heterocycles. The van der Waals surface area contributed by atoms with Crippen LogP contribution in [0.25, 0.3) is 0 Å². The molecule has 1 aliphatic heterocycles. The van der Waals surface area contributed by atoms with Crippen LogP contribution in [0.5, 0.6) is 0 Å². The van der Waals surface area contributed by atoms with Crippen molar-refractivity contribution in [3.63, 3.8) is 0 Å². The molecule has 118 valence electrons. The van der Waals surface area contributed by atoms with Crippen molar-refractivity contribution in [1.82, 2.24) is 0 Å². The monoisotopic (exact) mass is 352 g/mol. The van der Waals surface area contributed by atoms with E-state index < -0.39 is 25.3 Å². The molecule has 0 saturated carbocycles. The van der Waals surface area contributed by atoms with Gasteiger partial charge in [0.2, 0.25) is 20.0 Å². The molecule has 0 aromatic heterocycles. The van der Waals surface area contributed by atoms with Crippen LogP contribution < -0.4 is 9.03 Å². The zero-order valence-corrected chi connectivity index (χ0v) is 14.1. The smallest absolute Gasteiger partial charge is 0.235 e. The van der Waals surface area contributed by atoms with Crippen molar-refractivity contribution < 1.29 is 16.8 Å². The predicted molar refractivity (Wildman–Crippen MR) is 84.9 cm³/mol. The first-order valence-corrected chi connectivity index (χ1v) is 9.98. The van der Waals surface area contributed by atoms with Crippen LogP contribution in [0, 0.1) is 0 Å². The Labute approximate surface area is 130 Å². The molecule has 0 aliphatic carbocycles. The van der Waals surface area contributed by atoms with E-state index in [1.807, 2.05) is 0 Å². The number of benzene rings is 1. The summed E-state index contributed by atoms with van der Waals surface area (Å²) in [5.41, 5.74) is 0.600. The third-order valence-corrected chi connectivity index (χ3v) is 7.13. The second-order valence-corrected chi connectivity index (χ2v) is 9.76. The highest BCUT2D eigenvalue weighted by molar-refractivity contribution is 7.93. The molecule has 0 bridgehead atoms. The molecule has 1 heterocycles. The Hall–Kier alpha value is -0.990. The number of nitrogens with zero attached hydrogens (tertiary/aromatic N) is 1. The van der Waals surface area contributed by atoms with Gasteiger partial charge in [-0.15, -0.1) is 0 Å². The van der Waals surface area contributed by atoms with Gasteiger partial charge < -0.3 is 0 Å². The lowest BCUT2D eigenvalue weighted by Gasteiger charge is -2.20. The van der Waals surface area contributed by atoms with Gasteiger partial charge in [-0.3, -0.25) is 9.03 Å². The fraction of sp³-hybridized carbons (Fsp3) is 0.500. The van der Waals surface area contributed by atoms with Crippen molar-refractivity contribution in [3.05, 3.63) is 23.2 Å². The van der Waals surface area contributed by atoms with Crippen LogP contribution in [0.3, 0.4) is 0 Å². The average molecular weight is 353 g/mol. The van der Waals surface area contributed by atoms with Gasteiger partial charge >= 0.3 is 0 Å². The number of halogens is 1. The molecule has 9 heteroatoms. The maximum Gasteiger partial charge on any atom is 0.235 e. The van der Waals surface area contributed by atoms with Crippen molar-refractivity contribution in [3.8, 4) is 0 Å². The van der Waals surface area contributed by atoms with Crippen LogP contribution >= 0.6 is 11.6 Å². The highest BCUT2D eigenvalue weighted by Crippen LogP contribution is 2.33. The van der Waals surface area contributed by atoms with E-state index in [0.29, 0.717) is 24.3 Å². The summed E-state index contributed by atoms with van der Waals surface area (Å²) in [6.07, 6.45) is 0.528. The van der Waals surface area contributed by atoms with E-state index in [2.05, 4.69) is 4.72 Å². The second-order valence-electron chi connectivity index (χ2n) is 5.10. The molecule has 6 nitrogen and oxygen atoms in total. The molecule has 1 N–H and O–H groups in total. The third kappa shape index (κ3) is 3.44. The lowest BCUT2D eigenvalue weighted by atomic mass is 10.3. The Bertz CT molecular complexity index is 745.